The van der Waals surface area contributed by atoms with Crippen LogP contribution in [0.5, 0.6) is 0 Å². The van der Waals surface area contributed by atoms with Crippen LogP contribution in [0.1, 0.15) is 29.1 Å². The van der Waals surface area contributed by atoms with Gasteiger partial charge >= 0.3 is 5.97 Å². The first kappa shape index (κ1) is 15.5. The van der Waals surface area contributed by atoms with E-state index in [-0.39, 0.29) is 18.4 Å². The van der Waals surface area contributed by atoms with E-state index in [2.05, 4.69) is 5.32 Å². The highest BCUT2D eigenvalue weighted by Crippen LogP contribution is 2.30. The minimum absolute atomic E-state index is 0.0219. The lowest BCUT2D eigenvalue weighted by Gasteiger charge is -2.16. The van der Waals surface area contributed by atoms with E-state index in [0.29, 0.717) is 4.88 Å². The molecule has 0 radical (unpaired) electrons. The molecule has 0 aliphatic heterocycles. The van der Waals surface area contributed by atoms with Crippen molar-refractivity contribution in [2.24, 2.45) is 11.8 Å². The van der Waals surface area contributed by atoms with Gasteiger partial charge in [0, 0.05) is 11.2 Å². The zero-order valence-electron chi connectivity index (χ0n) is 12.3. The third-order valence-corrected chi connectivity index (χ3v) is 4.93. The SMILES string of the molecule is Cc1c(C(=O)NCC(C(=O)O)C(C)C)sc2ccccc12. The fourth-order valence-corrected chi connectivity index (χ4v) is 3.41. The second-order valence-corrected chi connectivity index (χ2v) is 6.50. The van der Waals surface area contributed by atoms with Gasteiger partial charge in [-0.25, -0.2) is 0 Å². The lowest BCUT2D eigenvalue weighted by Crippen LogP contribution is -2.35. The number of rotatable bonds is 5. The van der Waals surface area contributed by atoms with Crippen molar-refractivity contribution in [3.05, 3.63) is 34.7 Å². The number of carbonyl (C=O) groups is 2. The highest BCUT2D eigenvalue weighted by molar-refractivity contribution is 7.21. The van der Waals surface area contributed by atoms with Gasteiger partial charge in [-0.3, -0.25) is 9.59 Å². The number of carbonyl (C=O) groups excluding carboxylic acids is 1. The zero-order chi connectivity index (χ0) is 15.6. The summed E-state index contributed by atoms with van der Waals surface area (Å²) >= 11 is 1.44. The Morgan fingerprint density at radius 3 is 2.52 bits per heavy atom. The van der Waals surface area contributed by atoms with Crippen molar-refractivity contribution in [1.29, 1.82) is 0 Å². The first-order valence-electron chi connectivity index (χ1n) is 6.91. The number of hydrogen-bond donors (Lipinski definition) is 2. The summed E-state index contributed by atoms with van der Waals surface area (Å²) in [6, 6.07) is 7.87. The van der Waals surface area contributed by atoms with Gasteiger partial charge in [-0.05, 0) is 29.9 Å². The van der Waals surface area contributed by atoms with Gasteiger partial charge in [0.1, 0.15) is 0 Å². The van der Waals surface area contributed by atoms with Crippen molar-refractivity contribution in [2.75, 3.05) is 6.54 Å². The standard InChI is InChI=1S/C16H19NO3S/c1-9(2)12(16(19)20)8-17-15(18)14-10(3)11-6-4-5-7-13(11)21-14/h4-7,9,12H,8H2,1-3H3,(H,17,18)(H,19,20). The minimum atomic E-state index is -0.877. The monoisotopic (exact) mass is 305 g/mol. The van der Waals surface area contributed by atoms with E-state index >= 15 is 0 Å². The van der Waals surface area contributed by atoms with Crippen molar-refractivity contribution in [3.8, 4) is 0 Å². The van der Waals surface area contributed by atoms with E-state index in [4.69, 9.17) is 5.11 Å². The molecule has 0 aliphatic rings. The maximum atomic E-state index is 12.3. The van der Waals surface area contributed by atoms with Crippen molar-refractivity contribution < 1.29 is 14.7 Å². The van der Waals surface area contributed by atoms with Gasteiger partial charge in [0.15, 0.2) is 0 Å². The smallest absolute Gasteiger partial charge is 0.308 e. The molecule has 0 saturated carbocycles. The van der Waals surface area contributed by atoms with Crippen LogP contribution in [0.3, 0.4) is 0 Å². The molecule has 1 heterocycles. The first-order valence-corrected chi connectivity index (χ1v) is 7.72. The molecule has 0 spiro atoms. The molecular formula is C16H19NO3S. The Morgan fingerprint density at radius 2 is 1.95 bits per heavy atom. The van der Waals surface area contributed by atoms with Gasteiger partial charge in [-0.15, -0.1) is 11.3 Å². The number of nitrogens with one attached hydrogen (secondary N) is 1. The molecule has 0 fully saturated rings. The van der Waals surface area contributed by atoms with Crippen LogP contribution in [-0.4, -0.2) is 23.5 Å². The summed E-state index contributed by atoms with van der Waals surface area (Å²) in [5.41, 5.74) is 0.949. The molecule has 0 aliphatic carbocycles. The second kappa shape index (κ2) is 6.26. The van der Waals surface area contributed by atoms with E-state index in [1.807, 2.05) is 45.0 Å². The maximum Gasteiger partial charge on any atom is 0.308 e. The summed E-state index contributed by atoms with van der Waals surface area (Å²) in [6.45, 7) is 5.76. The number of thiophene rings is 1. The number of carboxylic acids is 1. The van der Waals surface area contributed by atoms with Crippen LogP contribution in [0, 0.1) is 18.8 Å². The average Bonchev–Trinajstić information content (AvgIpc) is 2.76. The summed E-state index contributed by atoms with van der Waals surface area (Å²) in [5.74, 6) is -1.66. The summed E-state index contributed by atoms with van der Waals surface area (Å²) in [4.78, 5) is 24.1. The third kappa shape index (κ3) is 3.24. The molecule has 1 atom stereocenters. The molecule has 0 saturated heterocycles. The molecule has 2 aromatic rings. The lowest BCUT2D eigenvalue weighted by atomic mass is 9.96. The fraction of sp³-hybridized carbons (Fsp3) is 0.375. The van der Waals surface area contributed by atoms with E-state index < -0.39 is 11.9 Å². The Morgan fingerprint density at radius 1 is 1.29 bits per heavy atom. The summed E-state index contributed by atoms with van der Waals surface area (Å²) in [6.07, 6.45) is 0. The first-order chi connectivity index (χ1) is 9.91. The summed E-state index contributed by atoms with van der Waals surface area (Å²) in [5, 5.41) is 13.0. The van der Waals surface area contributed by atoms with E-state index in [1.54, 1.807) is 0 Å². The molecule has 112 valence electrons. The predicted molar refractivity (Wildman–Crippen MR) is 84.9 cm³/mol. The number of benzene rings is 1. The zero-order valence-corrected chi connectivity index (χ0v) is 13.2. The Bertz CT molecular complexity index is 675. The number of aryl methyl sites for hydroxylation is 1. The molecule has 4 nitrogen and oxygen atoms in total. The van der Waals surface area contributed by atoms with Crippen molar-refractivity contribution in [1.82, 2.24) is 5.32 Å². The predicted octanol–water partition coefficient (Wildman–Crippen LogP) is 3.30. The van der Waals surface area contributed by atoms with Crippen molar-refractivity contribution in [2.45, 2.75) is 20.8 Å². The van der Waals surface area contributed by atoms with Gasteiger partial charge in [0.2, 0.25) is 0 Å². The molecular weight excluding hydrogens is 286 g/mol. The second-order valence-electron chi connectivity index (χ2n) is 5.45. The van der Waals surface area contributed by atoms with Crippen LogP contribution in [0.2, 0.25) is 0 Å². The minimum Gasteiger partial charge on any atom is -0.481 e. The molecule has 0 bridgehead atoms. The molecule has 2 rings (SSSR count). The number of aliphatic carboxylic acids is 1. The summed E-state index contributed by atoms with van der Waals surface area (Å²) in [7, 11) is 0. The molecule has 5 heteroatoms. The molecule has 1 unspecified atom stereocenters. The van der Waals surface area contributed by atoms with Gasteiger partial charge < -0.3 is 10.4 Å². The van der Waals surface area contributed by atoms with E-state index in [0.717, 1.165) is 15.6 Å². The molecule has 2 N–H and O–H groups in total. The highest BCUT2D eigenvalue weighted by Gasteiger charge is 2.23. The van der Waals surface area contributed by atoms with Crippen LogP contribution in [0.4, 0.5) is 0 Å². The largest absolute Gasteiger partial charge is 0.481 e. The molecule has 21 heavy (non-hydrogen) atoms. The maximum absolute atomic E-state index is 12.3. The van der Waals surface area contributed by atoms with E-state index in [9.17, 15) is 9.59 Å². The van der Waals surface area contributed by atoms with Crippen molar-refractivity contribution >= 4 is 33.3 Å². The van der Waals surface area contributed by atoms with E-state index in [1.165, 1.54) is 11.3 Å². The van der Waals surface area contributed by atoms with Gasteiger partial charge in [0.25, 0.3) is 5.91 Å². The van der Waals surface area contributed by atoms with Crippen LogP contribution in [0.15, 0.2) is 24.3 Å². The summed E-state index contributed by atoms with van der Waals surface area (Å²) < 4.78 is 1.07. The van der Waals surface area contributed by atoms with Crippen molar-refractivity contribution in [3.63, 3.8) is 0 Å². The van der Waals surface area contributed by atoms with Crippen LogP contribution in [0.25, 0.3) is 10.1 Å². The van der Waals surface area contributed by atoms with Gasteiger partial charge in [-0.1, -0.05) is 32.0 Å². The topological polar surface area (TPSA) is 66.4 Å². The van der Waals surface area contributed by atoms with Crippen LogP contribution in [-0.2, 0) is 4.79 Å². The number of amides is 1. The fourth-order valence-electron chi connectivity index (χ4n) is 2.28. The Hall–Kier alpha value is -1.88. The Kier molecular flexibility index (Phi) is 4.63. The number of carboxylic acid groups (broad SMARTS) is 1. The third-order valence-electron chi connectivity index (χ3n) is 3.65. The number of hydrogen-bond acceptors (Lipinski definition) is 3. The highest BCUT2D eigenvalue weighted by atomic mass is 32.1. The lowest BCUT2D eigenvalue weighted by molar-refractivity contribution is -0.142. The molecule has 1 aromatic carbocycles. The number of fused-ring (bicyclic) bond motifs is 1. The van der Waals surface area contributed by atoms with Gasteiger partial charge in [0.05, 0.1) is 10.8 Å². The molecule has 1 amide bonds. The Labute approximate surface area is 127 Å². The average molecular weight is 305 g/mol. The normalized spacial score (nSPS) is 12.6. The Balaban J connectivity index is 2.16. The van der Waals surface area contributed by atoms with Gasteiger partial charge in [-0.2, -0.15) is 0 Å². The quantitative estimate of drug-likeness (QED) is 0.890. The molecule has 1 aromatic heterocycles. The van der Waals surface area contributed by atoms with Crippen LogP contribution >= 0.6 is 11.3 Å². The van der Waals surface area contributed by atoms with Crippen LogP contribution < -0.4 is 5.32 Å².